The molecule has 120 valence electrons. The molecule has 0 aromatic heterocycles. The minimum Gasteiger partial charge on any atom is -0.496 e. The summed E-state index contributed by atoms with van der Waals surface area (Å²) in [4.78, 5) is 14.2. The molecule has 2 atom stereocenters. The lowest BCUT2D eigenvalue weighted by Crippen LogP contribution is -2.52. The van der Waals surface area contributed by atoms with Gasteiger partial charge in [0.1, 0.15) is 5.75 Å². The van der Waals surface area contributed by atoms with Gasteiger partial charge < -0.3 is 9.47 Å². The number of methoxy groups -OCH3 is 1. The van der Waals surface area contributed by atoms with E-state index in [2.05, 4.69) is 4.90 Å². The first-order valence-electron chi connectivity index (χ1n) is 8.22. The van der Waals surface area contributed by atoms with Crippen LogP contribution in [-0.2, 0) is 11.3 Å². The first-order chi connectivity index (χ1) is 10.7. The topological polar surface area (TPSA) is 38.8 Å². The second-order valence-electron chi connectivity index (χ2n) is 6.31. The van der Waals surface area contributed by atoms with Gasteiger partial charge >= 0.3 is 0 Å². The predicted octanol–water partition coefficient (Wildman–Crippen LogP) is 3.04. The summed E-state index contributed by atoms with van der Waals surface area (Å²) in [6, 6.07) is 6.24. The minimum atomic E-state index is 0.0985. The van der Waals surface area contributed by atoms with Crippen molar-refractivity contribution in [2.45, 2.75) is 51.3 Å². The average Bonchev–Trinajstić information content (AvgIpc) is 2.55. The number of hydrogen-bond donors (Lipinski definition) is 0. The first kappa shape index (κ1) is 15.5. The fraction of sp³-hybridized carbons (Fsp3) is 0.611. The summed E-state index contributed by atoms with van der Waals surface area (Å²) in [6.07, 6.45) is 5.32. The molecular formula is C18H25NO3. The lowest BCUT2D eigenvalue weighted by molar-refractivity contribution is -0.0912. The maximum atomic E-state index is 11.6. The molecule has 0 radical (unpaired) electrons. The molecule has 2 unspecified atom stereocenters. The maximum Gasteiger partial charge on any atom is 0.159 e. The van der Waals surface area contributed by atoms with Crippen LogP contribution in [0.5, 0.6) is 5.75 Å². The monoisotopic (exact) mass is 303 g/mol. The van der Waals surface area contributed by atoms with Crippen molar-refractivity contribution in [1.82, 2.24) is 4.90 Å². The van der Waals surface area contributed by atoms with Gasteiger partial charge in [-0.1, -0.05) is 12.8 Å². The highest BCUT2D eigenvalue weighted by Crippen LogP contribution is 2.31. The molecule has 2 fully saturated rings. The van der Waals surface area contributed by atoms with E-state index in [1.807, 2.05) is 18.2 Å². The Morgan fingerprint density at radius 2 is 2.18 bits per heavy atom. The quantitative estimate of drug-likeness (QED) is 0.801. The highest BCUT2D eigenvalue weighted by molar-refractivity contribution is 5.94. The van der Waals surface area contributed by atoms with Gasteiger partial charge in [0.05, 0.1) is 19.8 Å². The van der Waals surface area contributed by atoms with E-state index in [1.54, 1.807) is 14.0 Å². The summed E-state index contributed by atoms with van der Waals surface area (Å²) < 4.78 is 11.4. The zero-order chi connectivity index (χ0) is 15.5. The molecule has 0 bridgehead atoms. The molecule has 0 spiro atoms. The van der Waals surface area contributed by atoms with Crippen LogP contribution in [0.2, 0.25) is 0 Å². The van der Waals surface area contributed by atoms with Gasteiger partial charge in [-0.25, -0.2) is 0 Å². The molecule has 2 aliphatic rings. The number of Topliss-reactive ketones (excluding diaryl/α,β-unsaturated/α-hetero) is 1. The van der Waals surface area contributed by atoms with Crippen molar-refractivity contribution in [2.24, 2.45) is 0 Å². The van der Waals surface area contributed by atoms with Crippen LogP contribution < -0.4 is 4.74 Å². The van der Waals surface area contributed by atoms with E-state index in [1.165, 1.54) is 25.7 Å². The Bertz CT molecular complexity index is 541. The minimum absolute atomic E-state index is 0.0985. The number of nitrogens with zero attached hydrogens (tertiary/aromatic N) is 1. The number of benzene rings is 1. The Morgan fingerprint density at radius 1 is 1.36 bits per heavy atom. The molecule has 0 N–H and O–H groups in total. The van der Waals surface area contributed by atoms with Gasteiger partial charge in [-0.15, -0.1) is 0 Å². The van der Waals surface area contributed by atoms with Crippen molar-refractivity contribution in [3.63, 3.8) is 0 Å². The summed E-state index contributed by atoms with van der Waals surface area (Å²) in [6.45, 7) is 4.19. The van der Waals surface area contributed by atoms with Crippen LogP contribution in [-0.4, -0.2) is 43.1 Å². The molecule has 4 heteroatoms. The molecule has 3 rings (SSSR count). The Hall–Kier alpha value is -1.39. The second kappa shape index (κ2) is 6.80. The number of fused-ring (bicyclic) bond motifs is 1. The van der Waals surface area contributed by atoms with Crippen LogP contribution >= 0.6 is 0 Å². The Kier molecular flexibility index (Phi) is 4.79. The van der Waals surface area contributed by atoms with Crippen LogP contribution in [0.3, 0.4) is 0 Å². The summed E-state index contributed by atoms with van der Waals surface area (Å²) in [5, 5.41) is 0. The third-order valence-electron chi connectivity index (χ3n) is 4.91. The molecule has 1 aromatic rings. The lowest BCUT2D eigenvalue weighted by Gasteiger charge is -2.44. The van der Waals surface area contributed by atoms with E-state index in [4.69, 9.17) is 9.47 Å². The highest BCUT2D eigenvalue weighted by atomic mass is 16.5. The van der Waals surface area contributed by atoms with Gasteiger partial charge in [0.25, 0.3) is 0 Å². The fourth-order valence-corrected chi connectivity index (χ4v) is 3.71. The Labute approximate surface area is 132 Å². The van der Waals surface area contributed by atoms with Gasteiger partial charge in [0, 0.05) is 30.3 Å². The standard InChI is InChI=1S/C18H25NO3/c1-13(20)14-7-8-17(21-2)15(11-14)12-19-9-10-22-18-6-4-3-5-16(18)19/h7-8,11,16,18H,3-6,9-10,12H2,1-2H3. The van der Waals surface area contributed by atoms with E-state index < -0.39 is 0 Å². The van der Waals surface area contributed by atoms with Gasteiger partial charge in [-0.05, 0) is 38.0 Å². The Morgan fingerprint density at radius 3 is 2.95 bits per heavy atom. The predicted molar refractivity (Wildman–Crippen MR) is 85.4 cm³/mol. The van der Waals surface area contributed by atoms with Crippen molar-refractivity contribution in [1.29, 1.82) is 0 Å². The van der Waals surface area contributed by atoms with Crippen molar-refractivity contribution < 1.29 is 14.3 Å². The number of carbonyl (C=O) groups is 1. The van der Waals surface area contributed by atoms with Crippen molar-refractivity contribution in [3.05, 3.63) is 29.3 Å². The normalized spacial score (nSPS) is 25.5. The SMILES string of the molecule is COc1ccc(C(C)=O)cc1CN1CCOC2CCCCC21. The van der Waals surface area contributed by atoms with E-state index >= 15 is 0 Å². The molecule has 1 saturated heterocycles. The Balaban J connectivity index is 1.81. The summed E-state index contributed by atoms with van der Waals surface area (Å²) in [5.74, 6) is 0.963. The third-order valence-corrected chi connectivity index (χ3v) is 4.91. The number of morpholine rings is 1. The zero-order valence-electron chi connectivity index (χ0n) is 13.5. The highest BCUT2D eigenvalue weighted by Gasteiger charge is 2.34. The van der Waals surface area contributed by atoms with Gasteiger partial charge in [0.2, 0.25) is 0 Å². The smallest absolute Gasteiger partial charge is 0.159 e. The van der Waals surface area contributed by atoms with Gasteiger partial charge in [-0.3, -0.25) is 9.69 Å². The van der Waals surface area contributed by atoms with Crippen molar-refractivity contribution in [2.75, 3.05) is 20.3 Å². The number of hydrogen-bond acceptors (Lipinski definition) is 4. The zero-order valence-corrected chi connectivity index (χ0v) is 13.5. The largest absolute Gasteiger partial charge is 0.496 e. The second-order valence-corrected chi connectivity index (χ2v) is 6.31. The number of ether oxygens (including phenoxy) is 2. The van der Waals surface area contributed by atoms with E-state index in [-0.39, 0.29) is 5.78 Å². The number of ketones is 1. The van der Waals surface area contributed by atoms with Gasteiger partial charge in [0.15, 0.2) is 5.78 Å². The summed E-state index contributed by atoms with van der Waals surface area (Å²) in [5.41, 5.74) is 1.85. The van der Waals surface area contributed by atoms with E-state index in [0.29, 0.717) is 12.1 Å². The molecule has 1 heterocycles. The molecule has 22 heavy (non-hydrogen) atoms. The maximum absolute atomic E-state index is 11.6. The molecule has 1 aliphatic heterocycles. The molecule has 1 saturated carbocycles. The number of rotatable bonds is 4. The molecule has 1 aliphatic carbocycles. The number of carbonyl (C=O) groups excluding carboxylic acids is 1. The van der Waals surface area contributed by atoms with Crippen LogP contribution in [0.4, 0.5) is 0 Å². The van der Waals surface area contributed by atoms with Crippen molar-refractivity contribution in [3.8, 4) is 5.75 Å². The van der Waals surface area contributed by atoms with Crippen LogP contribution in [0, 0.1) is 0 Å². The van der Waals surface area contributed by atoms with Crippen LogP contribution in [0.1, 0.15) is 48.5 Å². The summed E-state index contributed by atoms with van der Waals surface area (Å²) in [7, 11) is 1.69. The lowest BCUT2D eigenvalue weighted by atomic mass is 9.89. The van der Waals surface area contributed by atoms with Crippen LogP contribution in [0.25, 0.3) is 0 Å². The van der Waals surface area contributed by atoms with E-state index in [0.717, 1.165) is 36.6 Å². The molecule has 0 amide bonds. The molecular weight excluding hydrogens is 278 g/mol. The van der Waals surface area contributed by atoms with Crippen molar-refractivity contribution >= 4 is 5.78 Å². The van der Waals surface area contributed by atoms with Crippen LogP contribution in [0.15, 0.2) is 18.2 Å². The average molecular weight is 303 g/mol. The molecule has 4 nitrogen and oxygen atoms in total. The van der Waals surface area contributed by atoms with E-state index in [9.17, 15) is 4.79 Å². The third kappa shape index (κ3) is 3.18. The first-order valence-corrected chi connectivity index (χ1v) is 8.22. The fourth-order valence-electron chi connectivity index (χ4n) is 3.71. The molecule has 1 aromatic carbocycles. The van der Waals surface area contributed by atoms with Gasteiger partial charge in [-0.2, -0.15) is 0 Å². The summed E-state index contributed by atoms with van der Waals surface area (Å²) >= 11 is 0.